The standard InChI is InChI=1S/C24H31Cl2N3O4S/c1-5-6-13-27-24(31)18(3)28(15-19-9-7-17(2)8-10-19)23(30)16-29(34(4,32)33)20-11-12-21(25)22(26)14-20/h7-12,14,18H,5-6,13,15-16H2,1-4H3,(H,27,31)/t18-/m0/s1. The monoisotopic (exact) mass is 527 g/mol. The molecule has 0 aliphatic heterocycles. The summed E-state index contributed by atoms with van der Waals surface area (Å²) in [6.45, 7) is 5.78. The van der Waals surface area contributed by atoms with Gasteiger partial charge >= 0.3 is 0 Å². The Hall–Kier alpha value is -2.29. The van der Waals surface area contributed by atoms with Gasteiger partial charge in [-0.25, -0.2) is 8.42 Å². The Balaban J connectivity index is 2.35. The molecule has 1 atom stereocenters. The average molecular weight is 529 g/mol. The summed E-state index contributed by atoms with van der Waals surface area (Å²) in [6, 6.07) is 11.1. The van der Waals surface area contributed by atoms with Crippen LogP contribution in [0.4, 0.5) is 5.69 Å². The molecule has 2 rings (SSSR count). The molecule has 2 aromatic carbocycles. The maximum absolute atomic E-state index is 13.5. The van der Waals surface area contributed by atoms with Crippen molar-refractivity contribution in [2.24, 2.45) is 0 Å². The lowest BCUT2D eigenvalue weighted by atomic mass is 10.1. The van der Waals surface area contributed by atoms with Crippen molar-refractivity contribution in [3.63, 3.8) is 0 Å². The zero-order chi connectivity index (χ0) is 25.5. The van der Waals surface area contributed by atoms with Crippen LogP contribution in [0.3, 0.4) is 0 Å². The Morgan fingerprint density at radius 1 is 1.06 bits per heavy atom. The molecule has 0 bridgehead atoms. The highest BCUT2D eigenvalue weighted by molar-refractivity contribution is 7.92. The molecule has 34 heavy (non-hydrogen) atoms. The minimum absolute atomic E-state index is 0.153. The third kappa shape index (κ3) is 7.89. The van der Waals surface area contributed by atoms with Crippen LogP contribution in [0, 0.1) is 6.92 Å². The van der Waals surface area contributed by atoms with Gasteiger partial charge in [-0.1, -0.05) is 66.4 Å². The number of nitrogens with zero attached hydrogens (tertiary/aromatic N) is 2. The Morgan fingerprint density at radius 2 is 1.71 bits per heavy atom. The number of nitrogens with one attached hydrogen (secondary N) is 1. The van der Waals surface area contributed by atoms with Crippen molar-refractivity contribution >= 4 is 50.7 Å². The van der Waals surface area contributed by atoms with Crippen LogP contribution in [-0.4, -0.2) is 50.5 Å². The lowest BCUT2D eigenvalue weighted by Gasteiger charge is -2.31. The number of amides is 2. The molecule has 0 aliphatic rings. The molecular weight excluding hydrogens is 497 g/mol. The molecule has 0 unspecified atom stereocenters. The number of aryl methyl sites for hydroxylation is 1. The van der Waals surface area contributed by atoms with Gasteiger partial charge in [0.1, 0.15) is 12.6 Å². The van der Waals surface area contributed by atoms with Crippen molar-refractivity contribution in [1.29, 1.82) is 0 Å². The van der Waals surface area contributed by atoms with E-state index in [1.807, 2.05) is 38.1 Å². The number of hydrogen-bond acceptors (Lipinski definition) is 4. The van der Waals surface area contributed by atoms with Crippen molar-refractivity contribution < 1.29 is 18.0 Å². The predicted molar refractivity (Wildman–Crippen MR) is 138 cm³/mol. The lowest BCUT2D eigenvalue weighted by molar-refractivity contribution is -0.139. The molecule has 0 saturated heterocycles. The first-order valence-corrected chi connectivity index (χ1v) is 13.6. The van der Waals surface area contributed by atoms with Crippen LogP contribution in [0.15, 0.2) is 42.5 Å². The number of benzene rings is 2. The van der Waals surface area contributed by atoms with Gasteiger partial charge in [0.15, 0.2) is 0 Å². The van der Waals surface area contributed by atoms with Gasteiger partial charge in [0.2, 0.25) is 21.8 Å². The highest BCUT2D eigenvalue weighted by Crippen LogP contribution is 2.28. The molecule has 0 aromatic heterocycles. The maximum Gasteiger partial charge on any atom is 0.244 e. The largest absolute Gasteiger partial charge is 0.354 e. The Bertz CT molecular complexity index is 1110. The first-order chi connectivity index (χ1) is 15.9. The van der Waals surface area contributed by atoms with E-state index in [1.54, 1.807) is 6.92 Å². The van der Waals surface area contributed by atoms with Crippen LogP contribution in [0.25, 0.3) is 0 Å². The van der Waals surface area contributed by atoms with Gasteiger partial charge in [-0.2, -0.15) is 0 Å². The molecular formula is C24H31Cl2N3O4S. The first-order valence-electron chi connectivity index (χ1n) is 11.0. The second kappa shape index (κ2) is 12.4. The van der Waals surface area contributed by atoms with Crippen molar-refractivity contribution in [3.8, 4) is 0 Å². The van der Waals surface area contributed by atoms with Crippen LogP contribution in [0.5, 0.6) is 0 Å². The molecule has 7 nitrogen and oxygen atoms in total. The third-order valence-corrected chi connectivity index (χ3v) is 7.22. The number of halogens is 2. The van der Waals surface area contributed by atoms with Crippen molar-refractivity contribution in [3.05, 3.63) is 63.6 Å². The fourth-order valence-electron chi connectivity index (χ4n) is 3.26. The minimum atomic E-state index is -3.83. The Morgan fingerprint density at radius 3 is 2.26 bits per heavy atom. The number of hydrogen-bond donors (Lipinski definition) is 1. The lowest BCUT2D eigenvalue weighted by Crippen LogP contribution is -2.51. The second-order valence-electron chi connectivity index (χ2n) is 8.20. The maximum atomic E-state index is 13.5. The van der Waals surface area contributed by atoms with E-state index in [-0.39, 0.29) is 28.2 Å². The van der Waals surface area contributed by atoms with Crippen LogP contribution >= 0.6 is 23.2 Å². The highest BCUT2D eigenvalue weighted by atomic mass is 35.5. The van der Waals surface area contributed by atoms with E-state index in [1.165, 1.54) is 23.1 Å². The second-order valence-corrected chi connectivity index (χ2v) is 10.9. The summed E-state index contributed by atoms with van der Waals surface area (Å²) in [6.07, 6.45) is 2.76. The third-order valence-electron chi connectivity index (χ3n) is 5.34. The van der Waals surface area contributed by atoms with Crippen molar-refractivity contribution in [2.75, 3.05) is 23.7 Å². The van der Waals surface area contributed by atoms with Gasteiger partial charge in [-0.15, -0.1) is 0 Å². The topological polar surface area (TPSA) is 86.8 Å². The number of anilines is 1. The molecule has 0 heterocycles. The van der Waals surface area contributed by atoms with E-state index in [9.17, 15) is 18.0 Å². The summed E-state index contributed by atoms with van der Waals surface area (Å²) in [7, 11) is -3.83. The summed E-state index contributed by atoms with van der Waals surface area (Å²) in [4.78, 5) is 27.6. The van der Waals surface area contributed by atoms with Gasteiger partial charge in [0.25, 0.3) is 0 Å². The van der Waals surface area contributed by atoms with Gasteiger partial charge in [-0.3, -0.25) is 13.9 Å². The zero-order valence-corrected chi connectivity index (χ0v) is 22.2. The predicted octanol–water partition coefficient (Wildman–Crippen LogP) is 4.40. The average Bonchev–Trinajstić information content (AvgIpc) is 2.77. The number of carbonyl (C=O) groups is 2. The summed E-state index contributed by atoms with van der Waals surface area (Å²) in [5, 5.41) is 3.28. The van der Waals surface area contributed by atoms with E-state index in [2.05, 4.69) is 5.32 Å². The van der Waals surface area contributed by atoms with Gasteiger partial charge in [0, 0.05) is 13.1 Å². The molecule has 0 saturated carbocycles. The molecule has 186 valence electrons. The number of sulfonamides is 1. The SMILES string of the molecule is CCCCNC(=O)[C@H](C)N(Cc1ccc(C)cc1)C(=O)CN(c1ccc(Cl)c(Cl)c1)S(C)(=O)=O. The van der Waals surface area contributed by atoms with E-state index in [4.69, 9.17) is 23.2 Å². The highest BCUT2D eigenvalue weighted by Gasteiger charge is 2.30. The molecule has 0 spiro atoms. The number of rotatable bonds is 11. The summed E-state index contributed by atoms with van der Waals surface area (Å²) in [5.41, 5.74) is 2.10. The molecule has 0 radical (unpaired) electrons. The smallest absolute Gasteiger partial charge is 0.244 e. The molecule has 2 aromatic rings. The number of carbonyl (C=O) groups excluding carboxylic acids is 2. The van der Waals surface area contributed by atoms with Gasteiger partial charge in [-0.05, 0) is 44.0 Å². The van der Waals surface area contributed by atoms with Crippen LogP contribution in [0.2, 0.25) is 10.0 Å². The fraction of sp³-hybridized carbons (Fsp3) is 0.417. The Kier molecular flexibility index (Phi) is 10.2. The molecule has 1 N–H and O–H groups in total. The van der Waals surface area contributed by atoms with Crippen LogP contribution < -0.4 is 9.62 Å². The zero-order valence-electron chi connectivity index (χ0n) is 19.8. The summed E-state index contributed by atoms with van der Waals surface area (Å²) < 4.78 is 26.1. The quantitative estimate of drug-likeness (QED) is 0.438. The summed E-state index contributed by atoms with van der Waals surface area (Å²) >= 11 is 12.0. The van der Waals surface area contributed by atoms with Gasteiger partial charge in [0.05, 0.1) is 22.0 Å². The first kappa shape index (κ1) is 28.0. The van der Waals surface area contributed by atoms with Crippen LogP contribution in [-0.2, 0) is 26.2 Å². The number of unbranched alkanes of at least 4 members (excludes halogenated alkanes) is 1. The Labute approximate surface area is 212 Å². The summed E-state index contributed by atoms with van der Waals surface area (Å²) in [5.74, 6) is -0.815. The van der Waals surface area contributed by atoms with Crippen molar-refractivity contribution in [2.45, 2.75) is 46.2 Å². The van der Waals surface area contributed by atoms with E-state index >= 15 is 0 Å². The van der Waals surface area contributed by atoms with Crippen LogP contribution in [0.1, 0.15) is 37.8 Å². The fourth-order valence-corrected chi connectivity index (χ4v) is 4.40. The normalized spacial score (nSPS) is 12.2. The molecule has 0 aliphatic carbocycles. The van der Waals surface area contributed by atoms with E-state index in [0.717, 1.165) is 34.5 Å². The van der Waals surface area contributed by atoms with Crippen molar-refractivity contribution in [1.82, 2.24) is 10.2 Å². The van der Waals surface area contributed by atoms with E-state index in [0.29, 0.717) is 6.54 Å². The molecule has 10 heteroatoms. The molecule has 2 amide bonds. The van der Waals surface area contributed by atoms with E-state index < -0.39 is 28.5 Å². The minimum Gasteiger partial charge on any atom is -0.354 e. The van der Waals surface area contributed by atoms with Gasteiger partial charge < -0.3 is 10.2 Å². The molecule has 0 fully saturated rings.